The standard InChI is InChI=1S/C9H11NO2/c1-2-10-8(6-11)5-7-3-4-12-9(7)10/h3-5,11H,2,6H2,1H3. The smallest absolute Gasteiger partial charge is 0.206 e. The average molecular weight is 165 g/mol. The first-order chi connectivity index (χ1) is 5.86. The monoisotopic (exact) mass is 165 g/mol. The zero-order chi connectivity index (χ0) is 8.55. The van der Waals surface area contributed by atoms with Gasteiger partial charge in [-0.3, -0.25) is 0 Å². The van der Waals surface area contributed by atoms with Crippen molar-refractivity contribution in [2.45, 2.75) is 20.1 Å². The number of hydrogen-bond donors (Lipinski definition) is 1. The van der Waals surface area contributed by atoms with Crippen LogP contribution in [0.15, 0.2) is 22.8 Å². The molecule has 0 aliphatic heterocycles. The van der Waals surface area contributed by atoms with Gasteiger partial charge in [0, 0.05) is 17.6 Å². The van der Waals surface area contributed by atoms with Gasteiger partial charge < -0.3 is 14.1 Å². The molecule has 2 heterocycles. The fourth-order valence-electron chi connectivity index (χ4n) is 1.51. The van der Waals surface area contributed by atoms with Crippen LogP contribution in [0.4, 0.5) is 0 Å². The van der Waals surface area contributed by atoms with E-state index in [4.69, 9.17) is 9.52 Å². The molecule has 0 spiro atoms. The molecule has 0 saturated carbocycles. The summed E-state index contributed by atoms with van der Waals surface area (Å²) in [5.41, 5.74) is 1.76. The van der Waals surface area contributed by atoms with Crippen LogP contribution in [0.3, 0.4) is 0 Å². The molecule has 0 aromatic carbocycles. The molecule has 64 valence electrons. The molecule has 3 nitrogen and oxygen atoms in total. The quantitative estimate of drug-likeness (QED) is 0.736. The lowest BCUT2D eigenvalue weighted by Gasteiger charge is -2.01. The van der Waals surface area contributed by atoms with Crippen molar-refractivity contribution >= 4 is 11.1 Å². The van der Waals surface area contributed by atoms with E-state index in [1.54, 1.807) is 6.26 Å². The molecule has 3 heteroatoms. The Bertz CT molecular complexity index is 386. The number of hydrogen-bond acceptors (Lipinski definition) is 2. The molecular weight excluding hydrogens is 154 g/mol. The summed E-state index contributed by atoms with van der Waals surface area (Å²) in [6.45, 7) is 2.92. The van der Waals surface area contributed by atoms with Crippen molar-refractivity contribution in [3.63, 3.8) is 0 Å². The molecule has 0 bridgehead atoms. The summed E-state index contributed by atoms with van der Waals surface area (Å²) in [4.78, 5) is 0. The molecule has 0 aliphatic carbocycles. The first kappa shape index (κ1) is 7.43. The van der Waals surface area contributed by atoms with Crippen LogP contribution in [-0.2, 0) is 13.2 Å². The minimum atomic E-state index is 0.0675. The van der Waals surface area contributed by atoms with Crippen molar-refractivity contribution in [2.24, 2.45) is 0 Å². The number of aliphatic hydroxyl groups is 1. The summed E-state index contributed by atoms with van der Waals surface area (Å²) in [6.07, 6.45) is 1.66. The number of rotatable bonds is 2. The van der Waals surface area contributed by atoms with Gasteiger partial charge in [-0.05, 0) is 19.1 Å². The second-order valence-corrected chi connectivity index (χ2v) is 2.72. The Morgan fingerprint density at radius 3 is 3.08 bits per heavy atom. The van der Waals surface area contributed by atoms with Gasteiger partial charge in [0.05, 0.1) is 12.9 Å². The van der Waals surface area contributed by atoms with Gasteiger partial charge in [-0.25, -0.2) is 0 Å². The van der Waals surface area contributed by atoms with E-state index in [1.807, 2.05) is 23.6 Å². The zero-order valence-corrected chi connectivity index (χ0v) is 6.95. The van der Waals surface area contributed by atoms with Crippen LogP contribution in [0.1, 0.15) is 12.6 Å². The van der Waals surface area contributed by atoms with Crippen LogP contribution in [-0.4, -0.2) is 9.67 Å². The third-order valence-corrected chi connectivity index (χ3v) is 2.07. The molecule has 2 aromatic heterocycles. The molecule has 2 aromatic rings. The maximum atomic E-state index is 9.01. The molecule has 0 aliphatic rings. The highest BCUT2D eigenvalue weighted by atomic mass is 16.3. The van der Waals surface area contributed by atoms with E-state index in [2.05, 4.69) is 0 Å². The molecule has 0 radical (unpaired) electrons. The van der Waals surface area contributed by atoms with E-state index in [1.165, 1.54) is 0 Å². The Labute approximate surface area is 70.2 Å². The van der Waals surface area contributed by atoms with E-state index in [-0.39, 0.29) is 6.61 Å². The van der Waals surface area contributed by atoms with Gasteiger partial charge in [-0.2, -0.15) is 0 Å². The minimum Gasteiger partial charge on any atom is -0.448 e. The molecular formula is C9H11NO2. The van der Waals surface area contributed by atoms with E-state index < -0.39 is 0 Å². The topological polar surface area (TPSA) is 38.3 Å². The van der Waals surface area contributed by atoms with Crippen LogP contribution in [0, 0.1) is 0 Å². The SMILES string of the molecule is CCn1c(CO)cc2ccoc21. The van der Waals surface area contributed by atoms with Gasteiger partial charge in [0.15, 0.2) is 0 Å². The van der Waals surface area contributed by atoms with E-state index in [9.17, 15) is 0 Å². The Morgan fingerprint density at radius 1 is 1.58 bits per heavy atom. The van der Waals surface area contributed by atoms with E-state index >= 15 is 0 Å². The van der Waals surface area contributed by atoms with Crippen molar-refractivity contribution in [2.75, 3.05) is 0 Å². The third kappa shape index (κ3) is 0.865. The van der Waals surface area contributed by atoms with Crippen LogP contribution in [0.25, 0.3) is 11.1 Å². The Hall–Kier alpha value is -1.22. The number of fused-ring (bicyclic) bond motifs is 1. The predicted molar refractivity (Wildman–Crippen MR) is 45.8 cm³/mol. The van der Waals surface area contributed by atoms with Crippen LogP contribution < -0.4 is 0 Å². The van der Waals surface area contributed by atoms with Gasteiger partial charge in [0.25, 0.3) is 0 Å². The molecule has 2 rings (SSSR count). The highest BCUT2D eigenvalue weighted by Crippen LogP contribution is 2.20. The summed E-state index contributed by atoms with van der Waals surface area (Å²) in [5, 5.41) is 10.1. The second kappa shape index (κ2) is 2.68. The minimum absolute atomic E-state index is 0.0675. The van der Waals surface area contributed by atoms with Crippen molar-refractivity contribution in [1.82, 2.24) is 4.57 Å². The third-order valence-electron chi connectivity index (χ3n) is 2.07. The number of aryl methyl sites for hydroxylation is 1. The lowest BCUT2D eigenvalue weighted by Crippen LogP contribution is -1.99. The normalized spacial score (nSPS) is 11.2. The lowest BCUT2D eigenvalue weighted by molar-refractivity contribution is 0.271. The maximum Gasteiger partial charge on any atom is 0.206 e. The van der Waals surface area contributed by atoms with Gasteiger partial charge in [0.2, 0.25) is 5.71 Å². The summed E-state index contributed by atoms with van der Waals surface area (Å²) in [6, 6.07) is 3.85. The predicted octanol–water partition coefficient (Wildman–Crippen LogP) is 1.75. The number of nitrogens with zero attached hydrogens (tertiary/aromatic N) is 1. The first-order valence-electron chi connectivity index (χ1n) is 4.03. The Balaban J connectivity index is 2.70. The van der Waals surface area contributed by atoms with Crippen LogP contribution in [0.2, 0.25) is 0 Å². The van der Waals surface area contributed by atoms with Gasteiger partial charge in [-0.15, -0.1) is 0 Å². The summed E-state index contributed by atoms with van der Waals surface area (Å²) in [5.74, 6) is 0. The highest BCUT2D eigenvalue weighted by Gasteiger charge is 2.07. The molecule has 0 amide bonds. The van der Waals surface area contributed by atoms with Gasteiger partial charge in [-0.1, -0.05) is 0 Å². The summed E-state index contributed by atoms with van der Waals surface area (Å²) in [7, 11) is 0. The Kier molecular flexibility index (Phi) is 1.66. The number of aromatic nitrogens is 1. The molecule has 0 saturated heterocycles. The number of aliphatic hydroxyl groups excluding tert-OH is 1. The van der Waals surface area contributed by atoms with E-state index in [0.717, 1.165) is 23.3 Å². The van der Waals surface area contributed by atoms with Crippen LogP contribution >= 0.6 is 0 Å². The second-order valence-electron chi connectivity index (χ2n) is 2.72. The highest BCUT2D eigenvalue weighted by molar-refractivity contribution is 5.76. The van der Waals surface area contributed by atoms with Crippen molar-refractivity contribution in [1.29, 1.82) is 0 Å². The molecule has 1 N–H and O–H groups in total. The fourth-order valence-corrected chi connectivity index (χ4v) is 1.51. The lowest BCUT2D eigenvalue weighted by atomic mass is 10.4. The van der Waals surface area contributed by atoms with E-state index in [0.29, 0.717) is 0 Å². The maximum absolute atomic E-state index is 9.01. The molecule has 0 atom stereocenters. The summed E-state index contributed by atoms with van der Waals surface area (Å²) < 4.78 is 7.24. The first-order valence-corrected chi connectivity index (χ1v) is 4.03. The Morgan fingerprint density at radius 2 is 2.42 bits per heavy atom. The zero-order valence-electron chi connectivity index (χ0n) is 6.95. The molecule has 0 fully saturated rings. The number of furan rings is 1. The largest absolute Gasteiger partial charge is 0.448 e. The fraction of sp³-hybridized carbons (Fsp3) is 0.333. The average Bonchev–Trinajstić information content (AvgIpc) is 2.61. The van der Waals surface area contributed by atoms with Crippen molar-refractivity contribution < 1.29 is 9.52 Å². The van der Waals surface area contributed by atoms with Crippen molar-refractivity contribution in [3.8, 4) is 0 Å². The van der Waals surface area contributed by atoms with Crippen molar-refractivity contribution in [3.05, 3.63) is 24.1 Å². The summed E-state index contributed by atoms with van der Waals surface area (Å²) >= 11 is 0. The molecule has 12 heavy (non-hydrogen) atoms. The molecule has 0 unspecified atom stereocenters. The van der Waals surface area contributed by atoms with Gasteiger partial charge in [0.1, 0.15) is 0 Å². The van der Waals surface area contributed by atoms with Gasteiger partial charge >= 0.3 is 0 Å². The van der Waals surface area contributed by atoms with Crippen LogP contribution in [0.5, 0.6) is 0 Å².